The summed E-state index contributed by atoms with van der Waals surface area (Å²) in [5.41, 5.74) is 1.26. The van der Waals surface area contributed by atoms with Crippen LogP contribution >= 0.6 is 0 Å². The van der Waals surface area contributed by atoms with Crippen molar-refractivity contribution in [1.82, 2.24) is 4.90 Å². The van der Waals surface area contributed by atoms with Crippen molar-refractivity contribution in [3.8, 4) is 5.75 Å². The fraction of sp³-hybridized carbons (Fsp3) is 0.682. The fourth-order valence-corrected chi connectivity index (χ4v) is 5.71. The third-order valence-corrected chi connectivity index (χ3v) is 7.48. The van der Waals surface area contributed by atoms with Gasteiger partial charge in [0, 0.05) is 12.5 Å². The van der Waals surface area contributed by atoms with E-state index in [2.05, 4.69) is 17.0 Å². The number of benzene rings is 1. The summed E-state index contributed by atoms with van der Waals surface area (Å²) >= 11 is 0. The Bertz CT molecular complexity index is 698. The van der Waals surface area contributed by atoms with Gasteiger partial charge in [0.2, 0.25) is 5.91 Å². The molecule has 2 aliphatic heterocycles. The molecule has 3 atom stereocenters. The quantitative estimate of drug-likeness (QED) is 0.773. The number of amides is 1. The monoisotopic (exact) mass is 355 g/mol. The average Bonchev–Trinajstić information content (AvgIpc) is 3.32. The lowest BCUT2D eigenvalue weighted by atomic mass is 9.69. The van der Waals surface area contributed by atoms with Crippen LogP contribution in [0.25, 0.3) is 0 Å². The Balaban J connectivity index is 1.44. The van der Waals surface area contributed by atoms with Crippen LogP contribution in [0.4, 0.5) is 0 Å². The van der Waals surface area contributed by atoms with E-state index in [1.54, 1.807) is 7.11 Å². The van der Waals surface area contributed by atoms with Crippen LogP contribution in [0, 0.1) is 5.92 Å². The molecule has 140 valence electrons. The largest absolute Gasteiger partial charge is 0.497 e. The number of hydrogen-bond acceptors (Lipinski definition) is 3. The van der Waals surface area contributed by atoms with E-state index in [4.69, 9.17) is 9.47 Å². The molecule has 2 saturated carbocycles. The maximum atomic E-state index is 13.2. The third-order valence-electron chi connectivity index (χ3n) is 7.48. The van der Waals surface area contributed by atoms with Crippen molar-refractivity contribution in [3.63, 3.8) is 0 Å². The molecule has 4 heteroatoms. The van der Waals surface area contributed by atoms with E-state index >= 15 is 0 Å². The lowest BCUT2D eigenvalue weighted by molar-refractivity contribution is -0.143. The molecule has 0 aromatic heterocycles. The molecule has 2 aliphatic carbocycles. The molecule has 0 spiro atoms. The van der Waals surface area contributed by atoms with Crippen molar-refractivity contribution >= 4 is 5.91 Å². The molecule has 0 N–H and O–H groups in total. The zero-order chi connectivity index (χ0) is 17.8. The van der Waals surface area contributed by atoms with Gasteiger partial charge in [-0.05, 0) is 56.2 Å². The van der Waals surface area contributed by atoms with Crippen LogP contribution in [0.3, 0.4) is 0 Å². The van der Waals surface area contributed by atoms with Crippen LogP contribution in [-0.4, -0.2) is 41.7 Å². The van der Waals surface area contributed by atoms with Gasteiger partial charge in [-0.1, -0.05) is 31.4 Å². The molecule has 3 unspecified atom stereocenters. The number of epoxide rings is 1. The summed E-state index contributed by atoms with van der Waals surface area (Å²) in [5, 5.41) is 0. The highest BCUT2D eigenvalue weighted by Crippen LogP contribution is 2.64. The number of likely N-dealkylation sites (tertiary alicyclic amines) is 1. The average molecular weight is 355 g/mol. The smallest absolute Gasteiger partial charge is 0.226 e. The van der Waals surface area contributed by atoms with Crippen molar-refractivity contribution in [3.05, 3.63) is 29.8 Å². The third kappa shape index (κ3) is 2.34. The molecule has 26 heavy (non-hydrogen) atoms. The minimum absolute atomic E-state index is 0.0682. The van der Waals surface area contributed by atoms with Crippen LogP contribution in [0.1, 0.15) is 56.9 Å². The number of nitrogens with zero attached hydrogens (tertiary/aromatic N) is 1. The first-order valence-corrected chi connectivity index (χ1v) is 10.3. The van der Waals surface area contributed by atoms with Gasteiger partial charge in [0.15, 0.2) is 0 Å². The van der Waals surface area contributed by atoms with Crippen LogP contribution in [-0.2, 0) is 16.0 Å². The van der Waals surface area contributed by atoms with E-state index in [1.165, 1.54) is 31.2 Å². The van der Waals surface area contributed by atoms with E-state index in [1.807, 2.05) is 12.1 Å². The maximum absolute atomic E-state index is 13.2. The second-order valence-electron chi connectivity index (χ2n) is 8.67. The number of piperidine rings is 1. The van der Waals surface area contributed by atoms with Crippen LogP contribution in [0.5, 0.6) is 5.75 Å². The molecule has 1 amide bonds. The number of hydrogen-bond donors (Lipinski definition) is 0. The highest BCUT2D eigenvalue weighted by Gasteiger charge is 2.76. The van der Waals surface area contributed by atoms with Gasteiger partial charge in [0.05, 0.1) is 13.2 Å². The van der Waals surface area contributed by atoms with Crippen LogP contribution in [0.15, 0.2) is 24.3 Å². The van der Waals surface area contributed by atoms with Crippen molar-refractivity contribution in [2.45, 2.75) is 75.0 Å². The number of rotatable bonds is 4. The molecule has 2 heterocycles. The molecule has 4 fully saturated rings. The molecule has 1 aromatic carbocycles. The predicted molar refractivity (Wildman–Crippen MR) is 99.2 cm³/mol. The van der Waals surface area contributed by atoms with Crippen molar-refractivity contribution < 1.29 is 14.3 Å². The fourth-order valence-electron chi connectivity index (χ4n) is 5.71. The molecule has 0 bridgehead atoms. The Morgan fingerprint density at radius 3 is 2.62 bits per heavy atom. The Hall–Kier alpha value is -1.55. The summed E-state index contributed by atoms with van der Waals surface area (Å²) < 4.78 is 11.8. The molecule has 0 radical (unpaired) electrons. The van der Waals surface area contributed by atoms with E-state index < -0.39 is 0 Å². The number of ether oxygens (including phenoxy) is 2. The topological polar surface area (TPSA) is 42.1 Å². The molecule has 1 aromatic rings. The highest BCUT2D eigenvalue weighted by molar-refractivity contribution is 5.80. The second-order valence-corrected chi connectivity index (χ2v) is 8.67. The standard InChI is InChI=1S/C22H29NO3/c1-25-18-9-7-16(8-10-18)15-19-22-12-3-2-11-21(22,26-22)13-14-23(19)20(24)17-5-4-6-17/h7-10,17,19H,2-6,11-15H2,1H3. The van der Waals surface area contributed by atoms with Gasteiger partial charge >= 0.3 is 0 Å². The lowest BCUT2D eigenvalue weighted by Gasteiger charge is -2.45. The van der Waals surface area contributed by atoms with E-state index in [0.717, 1.165) is 44.4 Å². The second kappa shape index (κ2) is 5.98. The summed E-state index contributed by atoms with van der Waals surface area (Å²) in [6.07, 6.45) is 10.1. The van der Waals surface area contributed by atoms with Crippen molar-refractivity contribution in [2.75, 3.05) is 13.7 Å². The van der Waals surface area contributed by atoms with Crippen molar-refractivity contribution in [2.24, 2.45) is 5.92 Å². The summed E-state index contributed by atoms with van der Waals surface area (Å²) in [7, 11) is 1.70. The van der Waals surface area contributed by atoms with Gasteiger partial charge in [-0.3, -0.25) is 4.79 Å². The summed E-state index contributed by atoms with van der Waals surface area (Å²) in [6.45, 7) is 0.873. The zero-order valence-corrected chi connectivity index (χ0v) is 15.7. The van der Waals surface area contributed by atoms with Crippen molar-refractivity contribution in [1.29, 1.82) is 0 Å². The van der Waals surface area contributed by atoms with Gasteiger partial charge in [-0.25, -0.2) is 0 Å². The van der Waals surface area contributed by atoms with Gasteiger partial charge in [-0.2, -0.15) is 0 Å². The summed E-state index contributed by atoms with van der Waals surface area (Å²) in [6, 6.07) is 8.52. The minimum Gasteiger partial charge on any atom is -0.497 e. The Morgan fingerprint density at radius 2 is 1.92 bits per heavy atom. The zero-order valence-electron chi connectivity index (χ0n) is 15.7. The predicted octanol–water partition coefficient (Wildman–Crippen LogP) is 3.72. The van der Waals surface area contributed by atoms with Crippen LogP contribution < -0.4 is 4.74 Å². The number of carbonyl (C=O) groups excluding carboxylic acids is 1. The summed E-state index contributed by atoms with van der Waals surface area (Å²) in [4.78, 5) is 15.4. The Labute approximate surface area is 155 Å². The van der Waals surface area contributed by atoms with Crippen LogP contribution in [0.2, 0.25) is 0 Å². The molecule has 4 aliphatic rings. The first kappa shape index (κ1) is 16.6. The Morgan fingerprint density at radius 1 is 1.15 bits per heavy atom. The lowest BCUT2D eigenvalue weighted by Crippen LogP contribution is -2.60. The van der Waals surface area contributed by atoms with E-state index in [-0.39, 0.29) is 23.2 Å². The molecular weight excluding hydrogens is 326 g/mol. The Kier molecular flexibility index (Phi) is 3.82. The normalized spacial score (nSPS) is 35.9. The molecular formula is C22H29NO3. The van der Waals surface area contributed by atoms with Gasteiger partial charge in [-0.15, -0.1) is 0 Å². The highest BCUT2D eigenvalue weighted by atomic mass is 16.6. The molecule has 2 saturated heterocycles. The first-order chi connectivity index (χ1) is 12.7. The number of carbonyl (C=O) groups is 1. The SMILES string of the molecule is COc1ccc(CC2N(C(=O)C3CCC3)CCC34CCCCC23O4)cc1. The van der Waals surface area contributed by atoms with E-state index in [0.29, 0.717) is 5.91 Å². The van der Waals surface area contributed by atoms with Gasteiger partial charge in [0.25, 0.3) is 0 Å². The number of methoxy groups -OCH3 is 1. The summed E-state index contributed by atoms with van der Waals surface area (Å²) in [5.74, 6) is 1.53. The van der Waals surface area contributed by atoms with E-state index in [9.17, 15) is 4.79 Å². The minimum atomic E-state index is -0.0805. The first-order valence-electron chi connectivity index (χ1n) is 10.3. The molecule has 4 nitrogen and oxygen atoms in total. The van der Waals surface area contributed by atoms with Gasteiger partial charge in [0.1, 0.15) is 17.0 Å². The maximum Gasteiger partial charge on any atom is 0.226 e. The van der Waals surface area contributed by atoms with Gasteiger partial charge < -0.3 is 14.4 Å². The molecule has 5 rings (SSSR count).